The lowest BCUT2D eigenvalue weighted by atomic mass is 10.3. The van der Waals surface area contributed by atoms with Gasteiger partial charge < -0.3 is 5.32 Å². The molecule has 1 amide bonds. The summed E-state index contributed by atoms with van der Waals surface area (Å²) in [6.07, 6.45) is 0.232. The Morgan fingerprint density at radius 2 is 2.15 bits per heavy atom. The van der Waals surface area contributed by atoms with Gasteiger partial charge in [0, 0.05) is 4.88 Å². The van der Waals surface area contributed by atoms with Gasteiger partial charge in [-0.05, 0) is 24.3 Å². The van der Waals surface area contributed by atoms with Crippen molar-refractivity contribution in [3.8, 4) is 0 Å². The van der Waals surface area contributed by atoms with Gasteiger partial charge in [0.15, 0.2) is 5.13 Å². The van der Waals surface area contributed by atoms with Gasteiger partial charge in [0.1, 0.15) is 11.3 Å². The highest BCUT2D eigenvalue weighted by Gasteiger charge is 2.11. The Bertz CT molecular complexity index is 784. The number of halogens is 2. The highest BCUT2D eigenvalue weighted by atomic mass is 35.5. The van der Waals surface area contributed by atoms with Crippen LogP contribution in [0.5, 0.6) is 0 Å². The minimum absolute atomic E-state index is 0.192. The van der Waals surface area contributed by atoms with E-state index in [0.717, 1.165) is 4.88 Å². The number of carbonyl (C=O) groups is 1. The summed E-state index contributed by atoms with van der Waals surface area (Å²) in [6.45, 7) is 0. The molecule has 0 aliphatic carbocycles. The molecule has 20 heavy (non-hydrogen) atoms. The van der Waals surface area contributed by atoms with Gasteiger partial charge in [-0.15, -0.1) is 11.3 Å². The Morgan fingerprint density at radius 1 is 1.30 bits per heavy atom. The summed E-state index contributed by atoms with van der Waals surface area (Å²) in [7, 11) is 0. The van der Waals surface area contributed by atoms with E-state index >= 15 is 0 Å². The van der Waals surface area contributed by atoms with Crippen LogP contribution < -0.4 is 5.32 Å². The number of nitrogens with one attached hydrogen (secondary N) is 1. The van der Waals surface area contributed by atoms with E-state index in [1.54, 1.807) is 18.2 Å². The monoisotopic (exact) mass is 326 g/mol. The van der Waals surface area contributed by atoms with Gasteiger partial charge in [-0.3, -0.25) is 4.79 Å². The zero-order valence-corrected chi connectivity index (χ0v) is 12.4. The van der Waals surface area contributed by atoms with Crippen LogP contribution in [0.2, 0.25) is 4.34 Å². The van der Waals surface area contributed by atoms with E-state index < -0.39 is 0 Å². The molecule has 7 heteroatoms. The first-order valence-electron chi connectivity index (χ1n) is 5.71. The van der Waals surface area contributed by atoms with Crippen LogP contribution >= 0.6 is 34.3 Å². The van der Waals surface area contributed by atoms with Crippen molar-refractivity contribution >= 4 is 55.5 Å². The summed E-state index contributed by atoms with van der Waals surface area (Å²) < 4.78 is 14.9. The zero-order valence-electron chi connectivity index (χ0n) is 10.0. The number of hydrogen-bond donors (Lipinski definition) is 1. The van der Waals surface area contributed by atoms with Gasteiger partial charge in [-0.1, -0.05) is 29.0 Å². The Balaban J connectivity index is 1.75. The topological polar surface area (TPSA) is 42.0 Å². The van der Waals surface area contributed by atoms with Crippen LogP contribution in [0.15, 0.2) is 30.3 Å². The molecular formula is C13H8ClFN2OS2. The summed E-state index contributed by atoms with van der Waals surface area (Å²) in [5.74, 6) is -0.577. The van der Waals surface area contributed by atoms with Crippen molar-refractivity contribution in [3.05, 3.63) is 45.4 Å². The Hall–Kier alpha value is -1.50. The van der Waals surface area contributed by atoms with Crippen molar-refractivity contribution in [2.24, 2.45) is 0 Å². The second-order valence-corrected chi connectivity index (χ2v) is 6.87. The van der Waals surface area contributed by atoms with Crippen LogP contribution in [0.25, 0.3) is 10.2 Å². The first-order valence-corrected chi connectivity index (χ1v) is 7.72. The Kier molecular flexibility index (Phi) is 3.69. The number of amides is 1. The van der Waals surface area contributed by atoms with Crippen LogP contribution in [0, 0.1) is 5.82 Å². The fourth-order valence-electron chi connectivity index (χ4n) is 1.74. The molecule has 0 aliphatic heterocycles. The van der Waals surface area contributed by atoms with E-state index in [2.05, 4.69) is 10.3 Å². The van der Waals surface area contributed by atoms with Crippen molar-refractivity contribution in [3.63, 3.8) is 0 Å². The standard InChI is InChI=1S/C13H8ClFN2OS2/c14-10-5-4-7(19-10)6-11(18)16-13-17-12-8(15)2-1-3-9(12)20-13/h1-5H,6H2,(H,16,17,18). The average molecular weight is 327 g/mol. The number of thiazole rings is 1. The molecule has 3 nitrogen and oxygen atoms in total. The van der Waals surface area contributed by atoms with Crippen LogP contribution in [-0.2, 0) is 11.2 Å². The predicted octanol–water partition coefficient (Wildman–Crippen LogP) is 4.33. The molecule has 3 aromatic rings. The second-order valence-electron chi connectivity index (χ2n) is 4.04. The third-order valence-corrected chi connectivity index (χ3v) is 4.75. The van der Waals surface area contributed by atoms with E-state index in [1.807, 2.05) is 6.07 Å². The van der Waals surface area contributed by atoms with Crippen molar-refractivity contribution in [2.75, 3.05) is 5.32 Å². The van der Waals surface area contributed by atoms with E-state index in [9.17, 15) is 9.18 Å². The highest BCUT2D eigenvalue weighted by Crippen LogP contribution is 2.28. The van der Waals surface area contributed by atoms with Gasteiger partial charge in [-0.25, -0.2) is 9.37 Å². The average Bonchev–Trinajstić information content (AvgIpc) is 2.96. The predicted molar refractivity (Wildman–Crippen MR) is 81.2 cm³/mol. The van der Waals surface area contributed by atoms with Crippen molar-refractivity contribution in [1.82, 2.24) is 4.98 Å². The minimum atomic E-state index is -0.385. The molecule has 0 spiro atoms. The first-order chi connectivity index (χ1) is 9.61. The first kappa shape index (κ1) is 13.5. The summed E-state index contributed by atoms with van der Waals surface area (Å²) in [5.41, 5.74) is 0.284. The molecule has 1 aromatic carbocycles. The van der Waals surface area contributed by atoms with E-state index in [0.29, 0.717) is 14.2 Å². The molecule has 2 heterocycles. The number of nitrogens with zero attached hydrogens (tertiary/aromatic N) is 1. The highest BCUT2D eigenvalue weighted by molar-refractivity contribution is 7.22. The molecule has 0 bridgehead atoms. The third-order valence-electron chi connectivity index (χ3n) is 2.58. The Morgan fingerprint density at radius 3 is 2.85 bits per heavy atom. The number of para-hydroxylation sites is 1. The van der Waals surface area contributed by atoms with Crippen LogP contribution in [0.3, 0.4) is 0 Å². The fourth-order valence-corrected chi connectivity index (χ4v) is 3.72. The normalized spacial score (nSPS) is 10.9. The number of anilines is 1. The molecule has 0 saturated heterocycles. The molecule has 0 atom stereocenters. The van der Waals surface area contributed by atoms with Gasteiger partial charge in [0.05, 0.1) is 15.5 Å². The number of aromatic nitrogens is 1. The fraction of sp³-hybridized carbons (Fsp3) is 0.0769. The number of carbonyl (C=O) groups excluding carboxylic acids is 1. The maximum absolute atomic E-state index is 13.5. The number of benzene rings is 1. The molecule has 0 saturated carbocycles. The van der Waals surface area contributed by atoms with E-state index in [-0.39, 0.29) is 23.7 Å². The maximum Gasteiger partial charge on any atom is 0.231 e. The van der Waals surface area contributed by atoms with E-state index in [4.69, 9.17) is 11.6 Å². The van der Waals surface area contributed by atoms with Crippen molar-refractivity contribution in [1.29, 1.82) is 0 Å². The molecule has 0 fully saturated rings. The summed E-state index contributed by atoms with van der Waals surface area (Å²) in [4.78, 5) is 16.8. The Labute approximate surface area is 127 Å². The summed E-state index contributed by atoms with van der Waals surface area (Å²) in [5, 5.41) is 3.08. The number of thiophene rings is 1. The van der Waals surface area contributed by atoms with Gasteiger partial charge in [-0.2, -0.15) is 0 Å². The van der Waals surface area contributed by atoms with Crippen LogP contribution in [0.1, 0.15) is 4.88 Å². The van der Waals surface area contributed by atoms with Crippen LogP contribution in [0.4, 0.5) is 9.52 Å². The minimum Gasteiger partial charge on any atom is -0.302 e. The number of fused-ring (bicyclic) bond motifs is 1. The quantitative estimate of drug-likeness (QED) is 0.778. The van der Waals surface area contributed by atoms with Crippen LogP contribution in [-0.4, -0.2) is 10.9 Å². The largest absolute Gasteiger partial charge is 0.302 e. The number of hydrogen-bond acceptors (Lipinski definition) is 4. The molecule has 0 radical (unpaired) electrons. The lowest BCUT2D eigenvalue weighted by Gasteiger charge is -1.98. The third kappa shape index (κ3) is 2.82. The molecule has 2 aromatic heterocycles. The van der Waals surface area contributed by atoms with Gasteiger partial charge in [0.25, 0.3) is 0 Å². The zero-order chi connectivity index (χ0) is 14.1. The van der Waals surface area contributed by atoms with Gasteiger partial charge >= 0.3 is 0 Å². The second kappa shape index (κ2) is 5.47. The van der Waals surface area contributed by atoms with Crippen molar-refractivity contribution in [2.45, 2.75) is 6.42 Å². The SMILES string of the molecule is O=C(Cc1ccc(Cl)s1)Nc1nc2c(F)cccc2s1. The molecule has 0 aliphatic rings. The molecule has 102 valence electrons. The smallest absolute Gasteiger partial charge is 0.231 e. The van der Waals surface area contributed by atoms with Gasteiger partial charge in [0.2, 0.25) is 5.91 Å². The lowest BCUT2D eigenvalue weighted by Crippen LogP contribution is -2.13. The molecule has 1 N–H and O–H groups in total. The molecular weight excluding hydrogens is 319 g/mol. The maximum atomic E-state index is 13.5. The molecule has 3 rings (SSSR count). The van der Waals surface area contributed by atoms with E-state index in [1.165, 1.54) is 28.7 Å². The van der Waals surface area contributed by atoms with Crippen molar-refractivity contribution < 1.29 is 9.18 Å². The lowest BCUT2D eigenvalue weighted by molar-refractivity contribution is -0.115. The summed E-state index contributed by atoms with van der Waals surface area (Å²) >= 11 is 8.42. The summed E-state index contributed by atoms with van der Waals surface area (Å²) in [6, 6.07) is 8.30. The number of rotatable bonds is 3. The molecule has 0 unspecified atom stereocenters.